The summed E-state index contributed by atoms with van der Waals surface area (Å²) in [6.07, 6.45) is -0.424. The van der Waals surface area contributed by atoms with Crippen LogP contribution in [0.1, 0.15) is 12.5 Å². The molecule has 0 saturated carbocycles. The third kappa shape index (κ3) is 3.03. The molecular weight excluding hydrogens is 247 g/mol. The summed E-state index contributed by atoms with van der Waals surface area (Å²) in [7, 11) is -2.14. The zero-order valence-electron chi connectivity index (χ0n) is 9.52. The van der Waals surface area contributed by atoms with E-state index in [4.69, 9.17) is 20.9 Å². The van der Waals surface area contributed by atoms with Crippen LogP contribution >= 0.6 is 0 Å². The number of carbonyl (C=O) groups is 1. The SMILES string of the molecule is CC(N)(Cc1cc(F)c(B(O)O)cc1F)C(=O)O. The molecule has 1 rings (SSSR count). The number of nitrogens with two attached hydrogens (primary N) is 1. The van der Waals surface area contributed by atoms with E-state index in [1.54, 1.807) is 0 Å². The van der Waals surface area contributed by atoms with E-state index in [0.717, 1.165) is 0 Å². The largest absolute Gasteiger partial charge is 0.491 e. The van der Waals surface area contributed by atoms with Gasteiger partial charge in [0.05, 0.1) is 0 Å². The van der Waals surface area contributed by atoms with Crippen LogP contribution in [-0.4, -0.2) is 33.8 Å². The highest BCUT2D eigenvalue weighted by atomic mass is 19.1. The summed E-state index contributed by atoms with van der Waals surface area (Å²) < 4.78 is 26.9. The Morgan fingerprint density at radius 3 is 2.39 bits per heavy atom. The molecule has 0 bridgehead atoms. The van der Waals surface area contributed by atoms with Gasteiger partial charge in [0.25, 0.3) is 0 Å². The first kappa shape index (κ1) is 14.6. The number of aliphatic carboxylic acids is 1. The highest BCUT2D eigenvalue weighted by molar-refractivity contribution is 6.58. The predicted octanol–water partition coefficient (Wildman–Crippen LogP) is -1.01. The van der Waals surface area contributed by atoms with Gasteiger partial charge in [0.2, 0.25) is 0 Å². The second kappa shape index (κ2) is 5.01. The van der Waals surface area contributed by atoms with E-state index in [9.17, 15) is 13.6 Å². The molecule has 1 unspecified atom stereocenters. The number of hydrogen-bond acceptors (Lipinski definition) is 4. The molecular formula is C10H12BF2NO4. The highest BCUT2D eigenvalue weighted by Crippen LogP contribution is 2.15. The number of benzene rings is 1. The summed E-state index contributed by atoms with van der Waals surface area (Å²) in [5, 5.41) is 26.3. The summed E-state index contributed by atoms with van der Waals surface area (Å²) in [4.78, 5) is 10.8. The van der Waals surface area contributed by atoms with Gasteiger partial charge in [-0.3, -0.25) is 4.79 Å². The number of carboxylic acids is 1. The van der Waals surface area contributed by atoms with Crippen molar-refractivity contribution in [3.05, 3.63) is 29.3 Å². The summed E-state index contributed by atoms with van der Waals surface area (Å²) in [6, 6.07) is 1.31. The van der Waals surface area contributed by atoms with Crippen molar-refractivity contribution < 1.29 is 28.7 Å². The molecule has 8 heteroatoms. The fourth-order valence-electron chi connectivity index (χ4n) is 1.41. The molecule has 1 aromatic carbocycles. The average molecular weight is 259 g/mol. The molecule has 0 amide bonds. The van der Waals surface area contributed by atoms with Gasteiger partial charge in [-0.05, 0) is 24.6 Å². The second-order valence-corrected chi connectivity index (χ2v) is 4.24. The van der Waals surface area contributed by atoms with Crippen molar-refractivity contribution >= 4 is 18.6 Å². The van der Waals surface area contributed by atoms with Gasteiger partial charge in [-0.15, -0.1) is 0 Å². The number of rotatable bonds is 4. The molecule has 0 radical (unpaired) electrons. The molecule has 5 nitrogen and oxygen atoms in total. The molecule has 0 aliphatic heterocycles. The van der Waals surface area contributed by atoms with Gasteiger partial charge in [-0.2, -0.15) is 0 Å². The van der Waals surface area contributed by atoms with Crippen molar-refractivity contribution in [2.75, 3.05) is 0 Å². The maximum absolute atomic E-state index is 13.5. The van der Waals surface area contributed by atoms with Crippen LogP contribution in [0.25, 0.3) is 0 Å². The first-order valence-corrected chi connectivity index (χ1v) is 5.01. The lowest BCUT2D eigenvalue weighted by atomic mass is 9.78. The summed E-state index contributed by atoms with van der Waals surface area (Å²) in [6.45, 7) is 1.17. The Morgan fingerprint density at radius 2 is 1.94 bits per heavy atom. The van der Waals surface area contributed by atoms with Crippen LogP contribution in [0.3, 0.4) is 0 Å². The van der Waals surface area contributed by atoms with Crippen molar-refractivity contribution in [1.29, 1.82) is 0 Å². The Labute approximate surface area is 102 Å². The molecule has 0 aliphatic carbocycles. The maximum atomic E-state index is 13.5. The molecule has 18 heavy (non-hydrogen) atoms. The predicted molar refractivity (Wildman–Crippen MR) is 60.1 cm³/mol. The van der Waals surface area contributed by atoms with Gasteiger partial charge in [-0.1, -0.05) is 0 Å². The first-order valence-electron chi connectivity index (χ1n) is 5.01. The van der Waals surface area contributed by atoms with Crippen molar-refractivity contribution in [2.45, 2.75) is 18.9 Å². The van der Waals surface area contributed by atoms with Gasteiger partial charge in [-0.25, -0.2) is 8.78 Å². The molecule has 5 N–H and O–H groups in total. The van der Waals surface area contributed by atoms with Crippen LogP contribution in [0.4, 0.5) is 8.78 Å². The van der Waals surface area contributed by atoms with Gasteiger partial charge in [0, 0.05) is 11.9 Å². The minimum atomic E-state index is -2.14. The minimum Gasteiger partial charge on any atom is -0.480 e. The van der Waals surface area contributed by atoms with Gasteiger partial charge >= 0.3 is 13.1 Å². The van der Waals surface area contributed by atoms with Crippen molar-refractivity contribution in [3.8, 4) is 0 Å². The Balaban J connectivity index is 3.13. The zero-order chi connectivity index (χ0) is 14.1. The number of carboxylic acid groups (broad SMARTS) is 1. The lowest BCUT2D eigenvalue weighted by Crippen LogP contribution is -2.47. The molecule has 0 spiro atoms. The van der Waals surface area contributed by atoms with E-state index in [1.807, 2.05) is 0 Å². The van der Waals surface area contributed by atoms with Crippen LogP contribution in [0.5, 0.6) is 0 Å². The lowest BCUT2D eigenvalue weighted by Gasteiger charge is -2.19. The summed E-state index contributed by atoms with van der Waals surface area (Å²) >= 11 is 0. The molecule has 0 aliphatic rings. The monoisotopic (exact) mass is 259 g/mol. The first-order chi connectivity index (χ1) is 8.15. The Hall–Kier alpha value is -1.51. The number of hydrogen-bond donors (Lipinski definition) is 4. The molecule has 0 heterocycles. The van der Waals surface area contributed by atoms with E-state index in [0.29, 0.717) is 12.1 Å². The second-order valence-electron chi connectivity index (χ2n) is 4.24. The topological polar surface area (TPSA) is 104 Å². The third-order valence-electron chi connectivity index (χ3n) is 2.49. The highest BCUT2D eigenvalue weighted by Gasteiger charge is 2.30. The van der Waals surface area contributed by atoms with Gasteiger partial charge in [0.15, 0.2) is 0 Å². The molecule has 1 aromatic rings. The Kier molecular flexibility index (Phi) is 4.05. The molecule has 98 valence electrons. The lowest BCUT2D eigenvalue weighted by molar-refractivity contribution is -0.142. The zero-order valence-corrected chi connectivity index (χ0v) is 9.52. The average Bonchev–Trinajstić information content (AvgIpc) is 2.21. The third-order valence-corrected chi connectivity index (χ3v) is 2.49. The molecule has 0 aromatic heterocycles. The van der Waals surface area contributed by atoms with Gasteiger partial charge in [0.1, 0.15) is 17.2 Å². The molecule has 1 atom stereocenters. The van der Waals surface area contributed by atoms with Crippen LogP contribution in [-0.2, 0) is 11.2 Å². The van der Waals surface area contributed by atoms with E-state index < -0.39 is 42.1 Å². The fraction of sp³-hybridized carbons (Fsp3) is 0.300. The van der Waals surface area contributed by atoms with E-state index in [1.165, 1.54) is 6.92 Å². The van der Waals surface area contributed by atoms with Crippen LogP contribution in [0, 0.1) is 11.6 Å². The quantitative estimate of drug-likeness (QED) is 0.518. The maximum Gasteiger partial charge on any atom is 0.491 e. The van der Waals surface area contributed by atoms with Crippen molar-refractivity contribution in [3.63, 3.8) is 0 Å². The van der Waals surface area contributed by atoms with Gasteiger partial charge < -0.3 is 20.9 Å². The Bertz CT molecular complexity index is 479. The smallest absolute Gasteiger partial charge is 0.480 e. The molecule has 0 fully saturated rings. The van der Waals surface area contributed by atoms with E-state index in [-0.39, 0.29) is 5.56 Å². The fourth-order valence-corrected chi connectivity index (χ4v) is 1.41. The van der Waals surface area contributed by atoms with E-state index in [2.05, 4.69) is 0 Å². The van der Waals surface area contributed by atoms with Crippen molar-refractivity contribution in [1.82, 2.24) is 0 Å². The van der Waals surface area contributed by atoms with Crippen LogP contribution < -0.4 is 11.2 Å². The molecule has 0 saturated heterocycles. The van der Waals surface area contributed by atoms with E-state index >= 15 is 0 Å². The van der Waals surface area contributed by atoms with Crippen LogP contribution in [0.2, 0.25) is 0 Å². The minimum absolute atomic E-state index is 0.246. The standard InChI is InChI=1S/C10H12BF2NO4/c1-10(14,9(15)16)4-5-2-8(13)6(11(17)18)3-7(5)12/h2-3,17-18H,4,14H2,1H3,(H,15,16). The summed E-state index contributed by atoms with van der Waals surface area (Å²) in [5.41, 5.74) is 2.81. The normalized spacial score (nSPS) is 14.1. The summed E-state index contributed by atoms with van der Waals surface area (Å²) in [5.74, 6) is -3.34. The van der Waals surface area contributed by atoms with Crippen molar-refractivity contribution in [2.24, 2.45) is 5.73 Å². The Morgan fingerprint density at radius 1 is 1.39 bits per heavy atom. The van der Waals surface area contributed by atoms with Crippen LogP contribution in [0.15, 0.2) is 12.1 Å². The number of halogens is 2.